The molecule has 0 aliphatic rings. The molecule has 0 unspecified atom stereocenters. The van der Waals surface area contributed by atoms with Crippen LogP contribution in [0.5, 0.6) is 0 Å². The number of nitrogens with zero attached hydrogens (tertiary/aromatic N) is 1. The van der Waals surface area contributed by atoms with Gasteiger partial charge < -0.3 is 9.72 Å². The molecule has 2 rings (SSSR count). The highest BCUT2D eigenvalue weighted by Gasteiger charge is 2.17. The quantitative estimate of drug-likeness (QED) is 0.684. The summed E-state index contributed by atoms with van der Waals surface area (Å²) in [5.74, 6) is -0.361. The smallest absolute Gasteiger partial charge is 0.340 e. The first-order chi connectivity index (χ1) is 8.13. The van der Waals surface area contributed by atoms with E-state index in [4.69, 9.17) is 4.74 Å². The standard InChI is InChI=1S/C12H11BrN2O2/c1-7-6-9(12(16)17-2)10(15-7)8-4-3-5-14-11(8)13/h3-6,15H,1-2H3. The number of pyridine rings is 1. The number of methoxy groups -OCH3 is 1. The summed E-state index contributed by atoms with van der Waals surface area (Å²) in [4.78, 5) is 18.9. The molecular weight excluding hydrogens is 284 g/mol. The number of hydrogen-bond acceptors (Lipinski definition) is 3. The van der Waals surface area contributed by atoms with Gasteiger partial charge in [-0.1, -0.05) is 0 Å². The summed E-state index contributed by atoms with van der Waals surface area (Å²) < 4.78 is 5.44. The lowest BCUT2D eigenvalue weighted by atomic mass is 10.1. The summed E-state index contributed by atoms with van der Waals surface area (Å²) in [5, 5.41) is 0. The number of aromatic amines is 1. The fourth-order valence-electron chi connectivity index (χ4n) is 1.65. The lowest BCUT2D eigenvalue weighted by Crippen LogP contribution is -2.01. The lowest BCUT2D eigenvalue weighted by Gasteiger charge is -2.04. The maximum Gasteiger partial charge on any atom is 0.340 e. The second-order valence-corrected chi connectivity index (χ2v) is 4.33. The molecule has 88 valence electrons. The Bertz CT molecular complexity index is 563. The van der Waals surface area contributed by atoms with E-state index in [1.165, 1.54) is 7.11 Å². The fourth-order valence-corrected chi connectivity index (χ4v) is 2.09. The van der Waals surface area contributed by atoms with Crippen LogP contribution in [0.4, 0.5) is 0 Å². The summed E-state index contributed by atoms with van der Waals surface area (Å²) in [5.41, 5.74) is 2.96. The molecule has 5 heteroatoms. The number of hydrogen-bond donors (Lipinski definition) is 1. The molecule has 2 aromatic rings. The number of halogens is 1. The third-order valence-electron chi connectivity index (χ3n) is 2.39. The van der Waals surface area contributed by atoms with Gasteiger partial charge in [0.15, 0.2) is 0 Å². The molecule has 0 aliphatic carbocycles. The van der Waals surface area contributed by atoms with Crippen molar-refractivity contribution in [2.24, 2.45) is 0 Å². The molecule has 0 saturated carbocycles. The number of carbonyl (C=O) groups excluding carboxylic acids is 1. The second-order valence-electron chi connectivity index (χ2n) is 3.57. The number of aryl methyl sites for hydroxylation is 1. The van der Waals surface area contributed by atoms with Crippen LogP contribution in [0, 0.1) is 6.92 Å². The molecule has 0 amide bonds. The molecule has 2 aromatic heterocycles. The number of aromatic nitrogens is 2. The molecule has 0 spiro atoms. The van der Waals surface area contributed by atoms with Crippen LogP contribution >= 0.6 is 15.9 Å². The Morgan fingerprint density at radius 3 is 2.94 bits per heavy atom. The molecule has 2 heterocycles. The van der Waals surface area contributed by atoms with Gasteiger partial charge in [-0.25, -0.2) is 9.78 Å². The van der Waals surface area contributed by atoms with E-state index in [1.807, 2.05) is 19.1 Å². The first-order valence-electron chi connectivity index (χ1n) is 5.02. The van der Waals surface area contributed by atoms with Crippen molar-refractivity contribution in [2.75, 3.05) is 7.11 Å². The Hall–Kier alpha value is -1.62. The van der Waals surface area contributed by atoms with Crippen molar-refractivity contribution in [2.45, 2.75) is 6.92 Å². The molecule has 0 radical (unpaired) electrons. The van der Waals surface area contributed by atoms with Crippen LogP contribution in [0.15, 0.2) is 29.0 Å². The van der Waals surface area contributed by atoms with Crippen LogP contribution in [-0.4, -0.2) is 23.0 Å². The number of carbonyl (C=O) groups is 1. The van der Waals surface area contributed by atoms with Gasteiger partial charge in [-0.3, -0.25) is 0 Å². The van der Waals surface area contributed by atoms with Gasteiger partial charge in [0, 0.05) is 17.5 Å². The zero-order chi connectivity index (χ0) is 12.4. The van der Waals surface area contributed by atoms with Crippen LogP contribution < -0.4 is 0 Å². The summed E-state index contributed by atoms with van der Waals surface area (Å²) >= 11 is 3.36. The zero-order valence-corrected chi connectivity index (χ0v) is 11.0. The molecule has 0 aliphatic heterocycles. The van der Waals surface area contributed by atoms with Gasteiger partial charge in [-0.2, -0.15) is 0 Å². The molecule has 0 atom stereocenters. The topological polar surface area (TPSA) is 55.0 Å². The number of ether oxygens (including phenoxy) is 1. The van der Waals surface area contributed by atoms with Crippen molar-refractivity contribution in [3.05, 3.63) is 40.3 Å². The number of nitrogens with one attached hydrogen (secondary N) is 1. The van der Waals surface area contributed by atoms with E-state index >= 15 is 0 Å². The van der Waals surface area contributed by atoms with Crippen molar-refractivity contribution >= 4 is 21.9 Å². The van der Waals surface area contributed by atoms with Crippen molar-refractivity contribution in [3.63, 3.8) is 0 Å². The Morgan fingerprint density at radius 2 is 2.29 bits per heavy atom. The maximum absolute atomic E-state index is 11.7. The van der Waals surface area contributed by atoms with Gasteiger partial charge in [0.05, 0.1) is 18.4 Å². The highest BCUT2D eigenvalue weighted by molar-refractivity contribution is 9.10. The SMILES string of the molecule is COC(=O)c1cc(C)[nH]c1-c1cccnc1Br. The van der Waals surface area contributed by atoms with E-state index < -0.39 is 0 Å². The van der Waals surface area contributed by atoms with E-state index in [0.29, 0.717) is 15.9 Å². The predicted molar refractivity (Wildman–Crippen MR) is 67.8 cm³/mol. The van der Waals surface area contributed by atoms with Gasteiger partial charge in [0.1, 0.15) is 4.60 Å². The van der Waals surface area contributed by atoms with Crippen LogP contribution in [0.1, 0.15) is 16.1 Å². The average molecular weight is 295 g/mol. The highest BCUT2D eigenvalue weighted by Crippen LogP contribution is 2.29. The average Bonchev–Trinajstić information content (AvgIpc) is 2.71. The maximum atomic E-state index is 11.7. The van der Waals surface area contributed by atoms with E-state index in [2.05, 4.69) is 25.9 Å². The molecule has 17 heavy (non-hydrogen) atoms. The minimum Gasteiger partial charge on any atom is -0.465 e. The summed E-state index contributed by atoms with van der Waals surface area (Å²) in [7, 11) is 1.37. The van der Waals surface area contributed by atoms with E-state index in [1.54, 1.807) is 12.3 Å². The number of rotatable bonds is 2. The van der Waals surface area contributed by atoms with Crippen LogP contribution in [0.25, 0.3) is 11.3 Å². The molecule has 1 N–H and O–H groups in total. The lowest BCUT2D eigenvalue weighted by molar-refractivity contribution is 0.0602. The molecule has 0 fully saturated rings. The van der Waals surface area contributed by atoms with Crippen molar-refractivity contribution in [3.8, 4) is 11.3 Å². The molecule has 0 bridgehead atoms. The van der Waals surface area contributed by atoms with Gasteiger partial charge in [0.25, 0.3) is 0 Å². The van der Waals surface area contributed by atoms with Gasteiger partial charge in [-0.15, -0.1) is 0 Å². The summed E-state index contributed by atoms with van der Waals surface area (Å²) in [6.45, 7) is 1.89. The summed E-state index contributed by atoms with van der Waals surface area (Å²) in [6.07, 6.45) is 1.68. The third-order valence-corrected chi connectivity index (χ3v) is 3.02. The second kappa shape index (κ2) is 4.71. The van der Waals surface area contributed by atoms with Crippen molar-refractivity contribution in [1.29, 1.82) is 0 Å². The van der Waals surface area contributed by atoms with E-state index in [9.17, 15) is 4.79 Å². The van der Waals surface area contributed by atoms with E-state index in [0.717, 1.165) is 11.3 Å². The highest BCUT2D eigenvalue weighted by atomic mass is 79.9. The monoisotopic (exact) mass is 294 g/mol. The van der Waals surface area contributed by atoms with E-state index in [-0.39, 0.29) is 5.97 Å². The van der Waals surface area contributed by atoms with Crippen LogP contribution in [0.3, 0.4) is 0 Å². The molecule has 0 saturated heterocycles. The van der Waals surface area contributed by atoms with Crippen molar-refractivity contribution < 1.29 is 9.53 Å². The normalized spacial score (nSPS) is 10.3. The Kier molecular flexibility index (Phi) is 3.28. The minimum atomic E-state index is -0.361. The van der Waals surface area contributed by atoms with Gasteiger partial charge in [-0.05, 0) is 41.1 Å². The van der Waals surface area contributed by atoms with Crippen LogP contribution in [0.2, 0.25) is 0 Å². The Morgan fingerprint density at radius 1 is 1.53 bits per heavy atom. The number of H-pyrrole nitrogens is 1. The first-order valence-corrected chi connectivity index (χ1v) is 5.81. The zero-order valence-electron chi connectivity index (χ0n) is 9.45. The molecule has 4 nitrogen and oxygen atoms in total. The molecular formula is C12H11BrN2O2. The molecule has 0 aromatic carbocycles. The largest absolute Gasteiger partial charge is 0.465 e. The van der Waals surface area contributed by atoms with Crippen LogP contribution in [-0.2, 0) is 4.74 Å². The van der Waals surface area contributed by atoms with Gasteiger partial charge in [0.2, 0.25) is 0 Å². The Labute approximate surface area is 107 Å². The third kappa shape index (κ3) is 2.24. The predicted octanol–water partition coefficient (Wildman–Crippen LogP) is 2.93. The summed E-state index contributed by atoms with van der Waals surface area (Å²) in [6, 6.07) is 5.47. The Balaban J connectivity index is 2.60. The minimum absolute atomic E-state index is 0.361. The number of esters is 1. The first kappa shape index (κ1) is 11.9. The van der Waals surface area contributed by atoms with Crippen molar-refractivity contribution in [1.82, 2.24) is 9.97 Å². The fraction of sp³-hybridized carbons (Fsp3) is 0.167. The van der Waals surface area contributed by atoms with Gasteiger partial charge >= 0.3 is 5.97 Å².